The fourth-order valence-electron chi connectivity index (χ4n) is 3.56. The lowest BCUT2D eigenvalue weighted by Crippen LogP contribution is -2.42. The van der Waals surface area contributed by atoms with Crippen molar-refractivity contribution >= 4 is 34.6 Å². The molecule has 31 heavy (non-hydrogen) atoms. The molecule has 6 heteroatoms. The number of thioether (sulfide) groups is 1. The monoisotopic (exact) mass is 437 g/mol. The van der Waals surface area contributed by atoms with Crippen LogP contribution in [0.3, 0.4) is 0 Å². The van der Waals surface area contributed by atoms with Crippen molar-refractivity contribution in [2.45, 2.75) is 32.8 Å². The molecule has 0 spiro atoms. The van der Waals surface area contributed by atoms with E-state index < -0.39 is 6.10 Å². The number of β-amino-alcohol motifs (C(OH)–C–C–N with tert-alkyl or cyclic N) is 1. The van der Waals surface area contributed by atoms with Crippen LogP contribution in [0.4, 0.5) is 5.69 Å². The molecule has 0 aliphatic carbocycles. The lowest BCUT2D eigenvalue weighted by Gasteiger charge is -2.26. The lowest BCUT2D eigenvalue weighted by atomic mass is 10.2. The molecule has 0 radical (unpaired) electrons. The zero-order valence-electron chi connectivity index (χ0n) is 18.3. The van der Waals surface area contributed by atoms with Gasteiger partial charge in [-0.05, 0) is 61.5 Å². The van der Waals surface area contributed by atoms with E-state index in [4.69, 9.17) is 4.99 Å². The third kappa shape index (κ3) is 6.79. The highest BCUT2D eigenvalue weighted by Gasteiger charge is 2.35. The van der Waals surface area contributed by atoms with Crippen LogP contribution in [0, 0.1) is 0 Å². The Hall–Kier alpha value is -2.41. The Labute approximate surface area is 189 Å². The molecule has 0 bridgehead atoms. The molecule has 1 fully saturated rings. The smallest absolute Gasteiger partial charge is 0.266 e. The Morgan fingerprint density at radius 1 is 1.03 bits per heavy atom. The van der Waals surface area contributed by atoms with E-state index in [1.807, 2.05) is 66.7 Å². The summed E-state index contributed by atoms with van der Waals surface area (Å²) in [6.07, 6.45) is 3.33. The molecule has 1 unspecified atom stereocenters. The fourth-order valence-corrected chi connectivity index (χ4v) is 4.57. The number of benzene rings is 2. The molecule has 1 aliphatic rings. The van der Waals surface area contributed by atoms with Crippen molar-refractivity contribution < 1.29 is 9.90 Å². The van der Waals surface area contributed by atoms with Crippen LogP contribution in [0.5, 0.6) is 0 Å². The molecule has 2 aromatic carbocycles. The summed E-state index contributed by atoms with van der Waals surface area (Å²) in [7, 11) is 0. The summed E-state index contributed by atoms with van der Waals surface area (Å²) in [4.78, 5) is 22.4. The summed E-state index contributed by atoms with van der Waals surface area (Å²) in [5, 5.41) is 11.4. The summed E-state index contributed by atoms with van der Waals surface area (Å²) in [5.74, 6) is -0.111. The number of aliphatic hydroxyl groups excluding tert-OH is 1. The molecule has 3 rings (SSSR count). The second-order valence-corrected chi connectivity index (χ2v) is 8.63. The highest BCUT2D eigenvalue weighted by Crippen LogP contribution is 2.34. The number of nitrogens with zero attached hydrogens (tertiary/aromatic N) is 3. The van der Waals surface area contributed by atoms with E-state index >= 15 is 0 Å². The predicted molar refractivity (Wildman–Crippen MR) is 130 cm³/mol. The zero-order valence-corrected chi connectivity index (χ0v) is 19.1. The zero-order chi connectivity index (χ0) is 22.1. The van der Waals surface area contributed by atoms with Gasteiger partial charge in [-0.25, -0.2) is 4.99 Å². The third-order valence-corrected chi connectivity index (χ3v) is 5.91. The first kappa shape index (κ1) is 23.3. The number of carbonyl (C=O) groups excluding carboxylic acids is 1. The number of carbonyl (C=O) groups is 1. The molecule has 1 aliphatic heterocycles. The molecule has 1 amide bonds. The number of hydrogen-bond acceptors (Lipinski definition) is 5. The van der Waals surface area contributed by atoms with Gasteiger partial charge in [0.25, 0.3) is 5.91 Å². The summed E-state index contributed by atoms with van der Waals surface area (Å²) < 4.78 is 0. The van der Waals surface area contributed by atoms with Crippen molar-refractivity contribution in [1.82, 2.24) is 9.80 Å². The molecule has 2 aromatic rings. The van der Waals surface area contributed by atoms with Gasteiger partial charge in [0.05, 0.1) is 23.2 Å². The number of rotatable bonds is 10. The van der Waals surface area contributed by atoms with Gasteiger partial charge in [-0.2, -0.15) is 0 Å². The van der Waals surface area contributed by atoms with Gasteiger partial charge in [-0.1, -0.05) is 62.4 Å². The van der Waals surface area contributed by atoms with Crippen LogP contribution >= 0.6 is 11.8 Å². The van der Waals surface area contributed by atoms with Crippen LogP contribution in [0.1, 0.15) is 32.3 Å². The molecule has 164 valence electrons. The topological polar surface area (TPSA) is 56.1 Å². The van der Waals surface area contributed by atoms with Crippen molar-refractivity contribution in [3.63, 3.8) is 0 Å². The first-order valence-corrected chi connectivity index (χ1v) is 11.7. The first-order valence-electron chi connectivity index (χ1n) is 10.9. The number of aliphatic imine (C=N–C) groups is 1. The Balaban J connectivity index is 1.82. The van der Waals surface area contributed by atoms with Crippen molar-refractivity contribution in [2.24, 2.45) is 4.99 Å². The van der Waals surface area contributed by atoms with E-state index in [2.05, 4.69) is 18.7 Å². The lowest BCUT2D eigenvalue weighted by molar-refractivity contribution is -0.123. The van der Waals surface area contributed by atoms with Crippen LogP contribution in [-0.4, -0.2) is 58.3 Å². The van der Waals surface area contributed by atoms with Gasteiger partial charge in [0.15, 0.2) is 5.17 Å². The largest absolute Gasteiger partial charge is 0.390 e. The Kier molecular flexibility index (Phi) is 8.88. The SMILES string of the molecule is CCCN(CCC)CC(O)CN1C(=O)/C(=C\c2ccccc2)SC1=Nc1ccccc1. The number of hydrogen-bond donors (Lipinski definition) is 1. The van der Waals surface area contributed by atoms with E-state index in [1.165, 1.54) is 11.8 Å². The second kappa shape index (κ2) is 11.8. The molecule has 1 heterocycles. The standard InChI is InChI=1S/C25H31N3O2S/c1-3-15-27(16-4-2)18-22(29)19-28-24(30)23(17-20-11-7-5-8-12-20)31-25(28)26-21-13-9-6-10-14-21/h5-14,17,22,29H,3-4,15-16,18-19H2,1-2H3/b23-17+,26-25?. The molecule has 1 saturated heterocycles. The number of para-hydroxylation sites is 1. The minimum absolute atomic E-state index is 0.111. The molecular weight excluding hydrogens is 406 g/mol. The van der Waals surface area contributed by atoms with Crippen molar-refractivity contribution in [3.05, 3.63) is 71.1 Å². The van der Waals surface area contributed by atoms with Gasteiger partial charge in [0.2, 0.25) is 0 Å². The number of amides is 1. The van der Waals surface area contributed by atoms with E-state index in [1.54, 1.807) is 4.90 Å². The highest BCUT2D eigenvalue weighted by atomic mass is 32.2. The normalized spacial score (nSPS) is 17.8. The minimum Gasteiger partial charge on any atom is -0.390 e. The maximum Gasteiger partial charge on any atom is 0.266 e. The van der Waals surface area contributed by atoms with Crippen LogP contribution in [0.2, 0.25) is 0 Å². The van der Waals surface area contributed by atoms with Gasteiger partial charge >= 0.3 is 0 Å². The number of amidine groups is 1. The molecule has 0 aromatic heterocycles. The summed E-state index contributed by atoms with van der Waals surface area (Å²) in [6.45, 7) is 6.94. The second-order valence-electron chi connectivity index (χ2n) is 7.62. The third-order valence-electron chi connectivity index (χ3n) is 4.91. The summed E-state index contributed by atoms with van der Waals surface area (Å²) in [6, 6.07) is 19.4. The van der Waals surface area contributed by atoms with Crippen LogP contribution in [0.25, 0.3) is 6.08 Å². The van der Waals surface area contributed by atoms with Gasteiger partial charge in [0.1, 0.15) is 0 Å². The molecule has 1 atom stereocenters. The van der Waals surface area contributed by atoms with Crippen LogP contribution in [0.15, 0.2) is 70.6 Å². The molecular formula is C25H31N3O2S. The minimum atomic E-state index is -0.639. The van der Waals surface area contributed by atoms with E-state index in [0.29, 0.717) is 16.6 Å². The van der Waals surface area contributed by atoms with E-state index in [9.17, 15) is 9.90 Å². The molecule has 0 saturated carbocycles. The van der Waals surface area contributed by atoms with Gasteiger partial charge in [-0.3, -0.25) is 9.69 Å². The van der Waals surface area contributed by atoms with Gasteiger partial charge in [0, 0.05) is 6.54 Å². The molecule has 1 N–H and O–H groups in total. The van der Waals surface area contributed by atoms with E-state index in [0.717, 1.165) is 37.2 Å². The van der Waals surface area contributed by atoms with Gasteiger partial charge < -0.3 is 10.0 Å². The van der Waals surface area contributed by atoms with Crippen LogP contribution in [-0.2, 0) is 4.79 Å². The van der Waals surface area contributed by atoms with E-state index in [-0.39, 0.29) is 12.5 Å². The maximum absolute atomic E-state index is 13.2. The van der Waals surface area contributed by atoms with Crippen LogP contribution < -0.4 is 0 Å². The Morgan fingerprint density at radius 2 is 1.65 bits per heavy atom. The summed E-state index contributed by atoms with van der Waals surface area (Å²) >= 11 is 1.36. The first-order chi connectivity index (χ1) is 15.1. The average molecular weight is 438 g/mol. The maximum atomic E-state index is 13.2. The quantitative estimate of drug-likeness (QED) is 0.544. The Morgan fingerprint density at radius 3 is 2.26 bits per heavy atom. The van der Waals surface area contributed by atoms with Crippen molar-refractivity contribution in [1.29, 1.82) is 0 Å². The fraction of sp³-hybridized carbons (Fsp3) is 0.360. The highest BCUT2D eigenvalue weighted by molar-refractivity contribution is 8.18. The Bertz CT molecular complexity index is 893. The average Bonchev–Trinajstić information content (AvgIpc) is 3.04. The van der Waals surface area contributed by atoms with Crippen molar-refractivity contribution in [2.75, 3.05) is 26.2 Å². The predicted octanol–water partition coefficient (Wildman–Crippen LogP) is 4.77. The number of aliphatic hydroxyl groups is 1. The van der Waals surface area contributed by atoms with Crippen molar-refractivity contribution in [3.8, 4) is 0 Å². The van der Waals surface area contributed by atoms with Gasteiger partial charge in [-0.15, -0.1) is 0 Å². The summed E-state index contributed by atoms with van der Waals surface area (Å²) in [5.41, 5.74) is 1.76. The molecule has 5 nitrogen and oxygen atoms in total.